The van der Waals surface area contributed by atoms with Gasteiger partial charge in [-0.25, -0.2) is 13.2 Å². The van der Waals surface area contributed by atoms with Crippen LogP contribution in [-0.2, 0) is 14.8 Å². The monoisotopic (exact) mass is 397 g/mol. The highest BCUT2D eigenvalue weighted by Gasteiger charge is 2.35. The Kier molecular flexibility index (Phi) is 5.09. The minimum absolute atomic E-state index is 0.00545. The molecule has 0 saturated carbocycles. The van der Waals surface area contributed by atoms with E-state index in [1.165, 1.54) is 10.4 Å². The molecule has 0 amide bonds. The van der Waals surface area contributed by atoms with Gasteiger partial charge >= 0.3 is 5.97 Å². The first kappa shape index (κ1) is 16.9. The molecule has 118 valence electrons. The summed E-state index contributed by atoms with van der Waals surface area (Å²) in [4.78, 5) is 11.0. The topological polar surface area (TPSA) is 83.9 Å². The number of rotatable bonds is 4. The SMILES string of the molecule is COC1CN(S(=O)(=O)c2cc(C(=O)O)sc2Br)CCC1C. The zero-order valence-electron chi connectivity index (χ0n) is 11.6. The van der Waals surface area contributed by atoms with E-state index in [9.17, 15) is 13.2 Å². The van der Waals surface area contributed by atoms with Crippen LogP contribution in [0.4, 0.5) is 0 Å². The van der Waals surface area contributed by atoms with Crippen molar-refractivity contribution in [3.8, 4) is 0 Å². The van der Waals surface area contributed by atoms with E-state index in [2.05, 4.69) is 15.9 Å². The first-order valence-corrected chi connectivity index (χ1v) is 9.38. The number of sulfonamides is 1. The number of methoxy groups -OCH3 is 1. The number of halogens is 1. The lowest BCUT2D eigenvalue weighted by Gasteiger charge is -2.35. The van der Waals surface area contributed by atoms with Crippen molar-refractivity contribution < 1.29 is 23.1 Å². The maximum Gasteiger partial charge on any atom is 0.345 e. The maximum atomic E-state index is 12.7. The zero-order valence-corrected chi connectivity index (χ0v) is 14.8. The number of carboxylic acid groups (broad SMARTS) is 1. The summed E-state index contributed by atoms with van der Waals surface area (Å²) in [7, 11) is -2.15. The van der Waals surface area contributed by atoms with Gasteiger partial charge in [-0.2, -0.15) is 4.31 Å². The largest absolute Gasteiger partial charge is 0.477 e. The lowest BCUT2D eigenvalue weighted by Crippen LogP contribution is -2.46. The van der Waals surface area contributed by atoms with Crippen molar-refractivity contribution in [1.29, 1.82) is 0 Å². The summed E-state index contributed by atoms with van der Waals surface area (Å²) < 4.78 is 32.3. The van der Waals surface area contributed by atoms with Gasteiger partial charge < -0.3 is 9.84 Å². The van der Waals surface area contributed by atoms with Crippen LogP contribution in [0.25, 0.3) is 0 Å². The smallest absolute Gasteiger partial charge is 0.345 e. The molecule has 2 atom stereocenters. The number of hydrogen-bond donors (Lipinski definition) is 1. The van der Waals surface area contributed by atoms with E-state index in [4.69, 9.17) is 9.84 Å². The fourth-order valence-electron chi connectivity index (χ4n) is 2.30. The van der Waals surface area contributed by atoms with Crippen molar-refractivity contribution in [2.45, 2.75) is 24.3 Å². The Hall–Kier alpha value is -0.480. The predicted molar refractivity (Wildman–Crippen MR) is 82.3 cm³/mol. The average Bonchev–Trinajstić information content (AvgIpc) is 2.82. The Morgan fingerprint density at radius 3 is 2.76 bits per heavy atom. The van der Waals surface area contributed by atoms with E-state index in [1.807, 2.05) is 6.92 Å². The van der Waals surface area contributed by atoms with Gasteiger partial charge in [0.2, 0.25) is 10.0 Å². The molecule has 1 aromatic heterocycles. The number of carboxylic acids is 1. The second kappa shape index (κ2) is 6.33. The van der Waals surface area contributed by atoms with Crippen molar-refractivity contribution in [2.75, 3.05) is 20.2 Å². The van der Waals surface area contributed by atoms with Crippen LogP contribution in [0.5, 0.6) is 0 Å². The van der Waals surface area contributed by atoms with Crippen LogP contribution >= 0.6 is 27.3 Å². The van der Waals surface area contributed by atoms with E-state index in [0.717, 1.165) is 11.3 Å². The van der Waals surface area contributed by atoms with Gasteiger partial charge in [-0.3, -0.25) is 0 Å². The van der Waals surface area contributed by atoms with Crippen LogP contribution < -0.4 is 0 Å². The molecule has 1 saturated heterocycles. The van der Waals surface area contributed by atoms with Crippen molar-refractivity contribution in [3.63, 3.8) is 0 Å². The summed E-state index contributed by atoms with van der Waals surface area (Å²) in [6, 6.07) is 1.20. The Morgan fingerprint density at radius 1 is 1.57 bits per heavy atom. The zero-order chi connectivity index (χ0) is 15.8. The second-order valence-electron chi connectivity index (χ2n) is 4.96. The summed E-state index contributed by atoms with van der Waals surface area (Å²) in [5.74, 6) is -0.842. The van der Waals surface area contributed by atoms with Crippen molar-refractivity contribution in [1.82, 2.24) is 4.31 Å². The number of thiophene rings is 1. The third kappa shape index (κ3) is 3.31. The van der Waals surface area contributed by atoms with Crippen molar-refractivity contribution in [3.05, 3.63) is 14.7 Å². The van der Waals surface area contributed by atoms with Gasteiger partial charge in [0, 0.05) is 20.2 Å². The number of nitrogens with zero attached hydrogens (tertiary/aromatic N) is 1. The molecule has 1 aliphatic rings. The number of carbonyl (C=O) groups is 1. The molecule has 1 N–H and O–H groups in total. The summed E-state index contributed by atoms with van der Waals surface area (Å²) in [6.45, 7) is 2.72. The van der Waals surface area contributed by atoms with Crippen molar-refractivity contribution >= 4 is 43.3 Å². The minimum atomic E-state index is -3.72. The average molecular weight is 398 g/mol. The fraction of sp³-hybridized carbons (Fsp3) is 0.583. The standard InChI is InChI=1S/C12H16BrNO5S2/c1-7-3-4-14(6-8(7)19-2)21(17,18)10-5-9(12(15)16)20-11(10)13/h5,7-8H,3-4,6H2,1-2H3,(H,15,16). The third-order valence-electron chi connectivity index (χ3n) is 3.64. The molecule has 1 fully saturated rings. The molecule has 1 aliphatic heterocycles. The molecular weight excluding hydrogens is 382 g/mol. The Bertz CT molecular complexity index is 642. The third-order valence-corrected chi connectivity index (χ3v) is 7.74. The highest BCUT2D eigenvalue weighted by molar-refractivity contribution is 9.11. The molecule has 0 bridgehead atoms. The lowest BCUT2D eigenvalue weighted by molar-refractivity contribution is 0.0184. The van der Waals surface area contributed by atoms with Crippen LogP contribution in [0.2, 0.25) is 0 Å². The van der Waals surface area contributed by atoms with E-state index in [0.29, 0.717) is 22.7 Å². The van der Waals surface area contributed by atoms with Crippen LogP contribution in [-0.4, -0.2) is 50.1 Å². The summed E-state index contributed by atoms with van der Waals surface area (Å²) in [6.07, 6.45) is 0.565. The summed E-state index contributed by atoms with van der Waals surface area (Å²) >= 11 is 4.05. The Balaban J connectivity index is 2.32. The van der Waals surface area contributed by atoms with Crippen LogP contribution in [0.3, 0.4) is 0 Å². The predicted octanol–water partition coefficient (Wildman–Crippen LogP) is 2.25. The van der Waals surface area contributed by atoms with Gasteiger partial charge in [0.25, 0.3) is 0 Å². The highest BCUT2D eigenvalue weighted by atomic mass is 79.9. The Morgan fingerprint density at radius 2 is 2.24 bits per heavy atom. The van der Waals surface area contributed by atoms with E-state index in [-0.39, 0.29) is 22.4 Å². The molecular formula is C12H16BrNO5S2. The number of aromatic carboxylic acids is 1. The Labute approximate surface area is 135 Å². The molecule has 2 rings (SSSR count). The van der Waals surface area contributed by atoms with Gasteiger partial charge in [-0.15, -0.1) is 11.3 Å². The summed E-state index contributed by atoms with van der Waals surface area (Å²) in [5, 5.41) is 8.97. The molecule has 0 radical (unpaired) electrons. The van der Waals surface area contributed by atoms with Gasteiger partial charge in [-0.05, 0) is 34.3 Å². The van der Waals surface area contributed by atoms with Crippen LogP contribution in [0.1, 0.15) is 23.0 Å². The molecule has 0 spiro atoms. The molecule has 6 nitrogen and oxygen atoms in total. The normalized spacial score (nSPS) is 24.1. The van der Waals surface area contributed by atoms with Gasteiger partial charge in [-0.1, -0.05) is 6.92 Å². The number of hydrogen-bond acceptors (Lipinski definition) is 5. The summed E-state index contributed by atoms with van der Waals surface area (Å²) in [5.41, 5.74) is 0. The molecule has 1 aromatic rings. The van der Waals surface area contributed by atoms with Gasteiger partial charge in [0.05, 0.1) is 9.89 Å². The van der Waals surface area contributed by atoms with Gasteiger partial charge in [0.15, 0.2) is 0 Å². The lowest BCUT2D eigenvalue weighted by atomic mass is 9.97. The second-order valence-corrected chi connectivity index (χ2v) is 9.23. The van der Waals surface area contributed by atoms with Crippen molar-refractivity contribution in [2.24, 2.45) is 5.92 Å². The first-order chi connectivity index (χ1) is 9.77. The molecule has 9 heteroatoms. The van der Waals surface area contributed by atoms with E-state index < -0.39 is 16.0 Å². The molecule has 21 heavy (non-hydrogen) atoms. The van der Waals surface area contributed by atoms with Crippen LogP contribution in [0.15, 0.2) is 14.7 Å². The molecule has 0 aliphatic carbocycles. The molecule has 2 unspecified atom stereocenters. The number of piperidine rings is 1. The van der Waals surface area contributed by atoms with E-state index in [1.54, 1.807) is 7.11 Å². The van der Waals surface area contributed by atoms with E-state index >= 15 is 0 Å². The highest BCUT2D eigenvalue weighted by Crippen LogP contribution is 2.35. The van der Waals surface area contributed by atoms with Gasteiger partial charge in [0.1, 0.15) is 9.77 Å². The first-order valence-electron chi connectivity index (χ1n) is 6.33. The molecule has 2 heterocycles. The minimum Gasteiger partial charge on any atom is -0.477 e. The van der Waals surface area contributed by atoms with Crippen LogP contribution in [0, 0.1) is 5.92 Å². The quantitative estimate of drug-likeness (QED) is 0.841. The molecule has 0 aromatic carbocycles. The fourth-order valence-corrected chi connectivity index (χ4v) is 6.12. The maximum absolute atomic E-state index is 12.7. The number of ether oxygens (including phenoxy) is 1.